The van der Waals surface area contributed by atoms with Crippen molar-refractivity contribution in [2.75, 3.05) is 6.61 Å². The Balaban J connectivity index is 2.02. The van der Waals surface area contributed by atoms with Crippen molar-refractivity contribution in [3.63, 3.8) is 0 Å². The second kappa shape index (κ2) is 8.95. The van der Waals surface area contributed by atoms with Crippen LogP contribution in [0.2, 0.25) is 0 Å². The first-order valence-corrected chi connectivity index (χ1v) is 7.08. The molecular weight excluding hydrogens is 292 g/mol. The average molecular weight is 308 g/mol. The number of rotatable bonds is 7. The number of benzene rings is 2. The van der Waals surface area contributed by atoms with Gasteiger partial charge in [-0.2, -0.15) is 5.26 Å². The molecule has 0 radical (unpaired) electrons. The third kappa shape index (κ3) is 5.59. The first kappa shape index (κ1) is 16.2. The lowest BCUT2D eigenvalue weighted by Gasteiger charge is -2.14. The van der Waals surface area contributed by atoms with E-state index >= 15 is 0 Å². The number of hydrogen-bond donors (Lipinski definition) is 1. The van der Waals surface area contributed by atoms with E-state index in [0.717, 1.165) is 5.56 Å². The van der Waals surface area contributed by atoms with Crippen molar-refractivity contribution >= 4 is 11.7 Å². The first-order chi connectivity index (χ1) is 11.3. The van der Waals surface area contributed by atoms with Gasteiger partial charge in [0, 0.05) is 6.42 Å². The zero-order valence-corrected chi connectivity index (χ0v) is 12.4. The first-order valence-electron chi connectivity index (χ1n) is 7.08. The van der Waals surface area contributed by atoms with Gasteiger partial charge in [0.25, 0.3) is 0 Å². The maximum Gasteiger partial charge on any atom is 0.331 e. The molecule has 6 heteroatoms. The molecule has 0 aliphatic heterocycles. The summed E-state index contributed by atoms with van der Waals surface area (Å²) in [5.74, 6) is -0.539. The molecular formula is C17H16N4O2. The minimum Gasteiger partial charge on any atom is -0.449 e. The number of nitrogens with one attached hydrogen (secondary N) is 1. The van der Waals surface area contributed by atoms with Crippen LogP contribution < -0.4 is 5.43 Å². The van der Waals surface area contributed by atoms with Gasteiger partial charge >= 0.3 is 5.97 Å². The summed E-state index contributed by atoms with van der Waals surface area (Å²) in [4.78, 5) is 12.0. The van der Waals surface area contributed by atoms with Gasteiger partial charge in [-0.3, -0.25) is 5.43 Å². The maximum absolute atomic E-state index is 12.0. The van der Waals surface area contributed by atoms with Crippen LogP contribution in [-0.4, -0.2) is 18.6 Å². The fourth-order valence-electron chi connectivity index (χ4n) is 1.89. The topological polar surface area (TPSA) is 86.8 Å². The predicted octanol–water partition coefficient (Wildman–Crippen LogP) is 2.95. The number of esters is 1. The van der Waals surface area contributed by atoms with Crippen molar-refractivity contribution < 1.29 is 9.53 Å². The van der Waals surface area contributed by atoms with E-state index in [2.05, 4.69) is 15.8 Å². The van der Waals surface area contributed by atoms with Crippen LogP contribution in [0.1, 0.15) is 5.56 Å². The van der Waals surface area contributed by atoms with Crippen molar-refractivity contribution in [3.8, 4) is 6.07 Å². The molecule has 0 fully saturated rings. The van der Waals surface area contributed by atoms with Crippen molar-refractivity contribution in [3.05, 3.63) is 66.2 Å². The summed E-state index contributed by atoms with van der Waals surface area (Å²) in [5.41, 5.74) is 4.32. The van der Waals surface area contributed by atoms with Crippen molar-refractivity contribution in [2.24, 2.45) is 10.3 Å². The highest BCUT2D eigenvalue weighted by atomic mass is 16.5. The van der Waals surface area contributed by atoms with Crippen LogP contribution in [0.4, 0.5) is 5.69 Å². The maximum atomic E-state index is 12.0. The molecule has 23 heavy (non-hydrogen) atoms. The van der Waals surface area contributed by atoms with Gasteiger partial charge < -0.3 is 4.74 Å². The van der Waals surface area contributed by atoms with Crippen LogP contribution in [0.5, 0.6) is 0 Å². The van der Waals surface area contributed by atoms with E-state index in [1.807, 2.05) is 48.5 Å². The number of carbonyl (C=O) groups excluding carboxylic acids is 1. The van der Waals surface area contributed by atoms with Crippen molar-refractivity contribution in [1.29, 1.82) is 5.26 Å². The molecule has 1 N–H and O–H groups in total. The zero-order chi connectivity index (χ0) is 16.3. The summed E-state index contributed by atoms with van der Waals surface area (Å²) in [5, 5.41) is 16.4. The zero-order valence-electron chi connectivity index (χ0n) is 12.4. The molecule has 0 spiro atoms. The van der Waals surface area contributed by atoms with Crippen LogP contribution in [0, 0.1) is 11.3 Å². The monoisotopic (exact) mass is 308 g/mol. The summed E-state index contributed by atoms with van der Waals surface area (Å²) in [6.45, 7) is -0.290. The fourth-order valence-corrected chi connectivity index (χ4v) is 1.89. The molecule has 0 saturated carbocycles. The lowest BCUT2D eigenvalue weighted by molar-refractivity contribution is -0.144. The predicted molar refractivity (Wildman–Crippen MR) is 84.6 cm³/mol. The highest BCUT2D eigenvalue weighted by molar-refractivity contribution is 5.76. The molecule has 0 aromatic heterocycles. The Hall–Kier alpha value is -3.20. The van der Waals surface area contributed by atoms with E-state index in [0.29, 0.717) is 12.1 Å². The molecule has 2 rings (SSSR count). The summed E-state index contributed by atoms with van der Waals surface area (Å²) < 4.78 is 4.86. The molecule has 0 amide bonds. The standard InChI is InChI=1S/C17H16N4O2/c18-11-12-23-17(22)16(13-14-7-3-1-4-8-14)20-21-19-15-9-5-2-6-10-15/h1-10,16H,12-13H2,(H,19,20)/t16-/m0/s1. The molecule has 116 valence electrons. The summed E-state index contributed by atoms with van der Waals surface area (Å²) in [7, 11) is 0. The van der Waals surface area contributed by atoms with Gasteiger partial charge in [0.05, 0.1) is 5.69 Å². The minimum atomic E-state index is -0.710. The SMILES string of the molecule is N#CCOC(=O)[C@H](Cc1ccccc1)NN=Nc1ccccc1. The lowest BCUT2D eigenvalue weighted by atomic mass is 10.1. The quantitative estimate of drug-likeness (QED) is 0.484. The summed E-state index contributed by atoms with van der Waals surface area (Å²) in [6, 6.07) is 19.7. The van der Waals surface area contributed by atoms with Gasteiger partial charge in [-0.25, -0.2) is 4.79 Å². The molecule has 0 bridgehead atoms. The number of carbonyl (C=O) groups is 1. The molecule has 0 saturated heterocycles. The molecule has 6 nitrogen and oxygen atoms in total. The van der Waals surface area contributed by atoms with E-state index in [9.17, 15) is 4.79 Å². The molecule has 0 heterocycles. The highest BCUT2D eigenvalue weighted by Crippen LogP contribution is 2.10. The van der Waals surface area contributed by atoms with Crippen molar-refractivity contribution in [1.82, 2.24) is 5.43 Å². The molecule has 2 aromatic carbocycles. The molecule has 1 atom stereocenters. The Morgan fingerprint density at radius 2 is 1.78 bits per heavy atom. The molecule has 2 aromatic rings. The minimum absolute atomic E-state index is 0.290. The third-order valence-corrected chi connectivity index (χ3v) is 2.98. The van der Waals surface area contributed by atoms with Crippen LogP contribution in [0.3, 0.4) is 0 Å². The normalized spacial score (nSPS) is 11.6. The Morgan fingerprint density at radius 1 is 1.13 bits per heavy atom. The van der Waals surface area contributed by atoms with E-state index in [4.69, 9.17) is 10.00 Å². The van der Waals surface area contributed by atoms with Crippen LogP contribution in [-0.2, 0) is 16.0 Å². The largest absolute Gasteiger partial charge is 0.449 e. The number of nitrogens with zero attached hydrogens (tertiary/aromatic N) is 3. The Labute approximate surface area is 134 Å². The molecule has 0 unspecified atom stereocenters. The van der Waals surface area contributed by atoms with E-state index in [1.165, 1.54) is 0 Å². The second-order valence-electron chi connectivity index (χ2n) is 4.67. The summed E-state index contributed by atoms with van der Waals surface area (Å²) in [6.07, 6.45) is 0.388. The van der Waals surface area contributed by atoms with Gasteiger partial charge in [0.1, 0.15) is 12.1 Å². The molecule has 0 aliphatic carbocycles. The Bertz CT molecular complexity index is 681. The number of hydrogen-bond acceptors (Lipinski definition) is 5. The second-order valence-corrected chi connectivity index (χ2v) is 4.67. The number of ether oxygens (including phenoxy) is 1. The van der Waals surface area contributed by atoms with Gasteiger partial charge in [-0.05, 0) is 17.7 Å². The average Bonchev–Trinajstić information content (AvgIpc) is 2.60. The van der Waals surface area contributed by atoms with Gasteiger partial charge in [0.2, 0.25) is 0 Å². The Morgan fingerprint density at radius 3 is 2.43 bits per heavy atom. The van der Waals surface area contributed by atoms with Gasteiger partial charge in [-0.1, -0.05) is 53.8 Å². The third-order valence-electron chi connectivity index (χ3n) is 2.98. The van der Waals surface area contributed by atoms with Gasteiger partial charge in [0.15, 0.2) is 6.61 Å². The number of nitriles is 1. The smallest absolute Gasteiger partial charge is 0.331 e. The van der Waals surface area contributed by atoms with Crippen molar-refractivity contribution in [2.45, 2.75) is 12.5 Å². The van der Waals surface area contributed by atoms with Gasteiger partial charge in [-0.15, -0.1) is 5.11 Å². The van der Waals surface area contributed by atoms with Crippen LogP contribution >= 0.6 is 0 Å². The lowest BCUT2D eigenvalue weighted by Crippen LogP contribution is -2.36. The highest BCUT2D eigenvalue weighted by Gasteiger charge is 2.20. The van der Waals surface area contributed by atoms with Crippen LogP contribution in [0.15, 0.2) is 71.0 Å². The fraction of sp³-hybridized carbons (Fsp3) is 0.176. The van der Waals surface area contributed by atoms with Crippen LogP contribution in [0.25, 0.3) is 0 Å². The summed E-state index contributed by atoms with van der Waals surface area (Å²) >= 11 is 0. The molecule has 0 aliphatic rings. The van der Waals surface area contributed by atoms with E-state index in [1.54, 1.807) is 18.2 Å². The Kier molecular flexibility index (Phi) is 6.29. The van der Waals surface area contributed by atoms with E-state index in [-0.39, 0.29) is 6.61 Å². The van der Waals surface area contributed by atoms with E-state index < -0.39 is 12.0 Å².